The van der Waals surface area contributed by atoms with Gasteiger partial charge in [-0.3, -0.25) is 14.4 Å². The van der Waals surface area contributed by atoms with Gasteiger partial charge in [0.15, 0.2) is 0 Å². The molecule has 6 nitrogen and oxygen atoms in total. The number of carbonyl (C=O) groups is 3. The van der Waals surface area contributed by atoms with Gasteiger partial charge >= 0.3 is 0 Å². The Hall–Kier alpha value is -2.37. The normalized spacial score (nSPS) is 13.1. The molecule has 1 aliphatic heterocycles. The number of amides is 3. The Morgan fingerprint density at radius 3 is 2.52 bits per heavy atom. The molecule has 3 amide bonds. The molecule has 0 saturated heterocycles. The number of hydrogen-bond donors (Lipinski definition) is 1. The van der Waals surface area contributed by atoms with Crippen LogP contribution in [0.25, 0.3) is 0 Å². The zero-order chi connectivity index (χ0) is 17.0. The molecule has 0 aromatic heterocycles. The second-order valence-corrected chi connectivity index (χ2v) is 5.65. The molecule has 1 N–H and O–H groups in total. The summed E-state index contributed by atoms with van der Waals surface area (Å²) in [7, 11) is 1.63. The summed E-state index contributed by atoms with van der Waals surface area (Å²) in [5.41, 5.74) is 2.26. The van der Waals surface area contributed by atoms with Gasteiger partial charge in [0.05, 0.1) is 6.54 Å². The summed E-state index contributed by atoms with van der Waals surface area (Å²) in [4.78, 5) is 39.1. The van der Waals surface area contributed by atoms with Crippen molar-refractivity contribution in [1.82, 2.24) is 9.80 Å². The Kier molecular flexibility index (Phi) is 5.36. The Morgan fingerprint density at radius 1 is 1.17 bits per heavy atom. The molecule has 0 saturated carbocycles. The summed E-state index contributed by atoms with van der Waals surface area (Å²) in [6.07, 6.45) is 1.06. The van der Waals surface area contributed by atoms with Crippen LogP contribution in [0.4, 0.5) is 5.69 Å². The van der Waals surface area contributed by atoms with Gasteiger partial charge in [0.1, 0.15) is 0 Å². The summed E-state index contributed by atoms with van der Waals surface area (Å²) >= 11 is 0. The highest BCUT2D eigenvalue weighted by Crippen LogP contribution is 2.24. The maximum absolute atomic E-state index is 12.5. The SMILES string of the molecule is CCN(CC)C(=O)CN(C)C(=O)c1ccc2c(c1)CCC(=O)N2. The fourth-order valence-electron chi connectivity index (χ4n) is 2.69. The lowest BCUT2D eigenvalue weighted by Crippen LogP contribution is -2.41. The molecular weight excluding hydrogens is 294 g/mol. The molecule has 23 heavy (non-hydrogen) atoms. The zero-order valence-corrected chi connectivity index (χ0v) is 13.9. The van der Waals surface area contributed by atoms with E-state index in [2.05, 4.69) is 5.32 Å². The Labute approximate surface area is 136 Å². The topological polar surface area (TPSA) is 69.7 Å². The number of anilines is 1. The smallest absolute Gasteiger partial charge is 0.254 e. The maximum Gasteiger partial charge on any atom is 0.254 e. The van der Waals surface area contributed by atoms with Crippen LogP contribution in [0.3, 0.4) is 0 Å². The molecule has 0 bridgehead atoms. The number of benzene rings is 1. The Balaban J connectivity index is 2.08. The third-order valence-corrected chi connectivity index (χ3v) is 4.08. The van der Waals surface area contributed by atoms with Crippen molar-refractivity contribution in [3.8, 4) is 0 Å². The molecule has 0 aliphatic carbocycles. The second-order valence-electron chi connectivity index (χ2n) is 5.65. The van der Waals surface area contributed by atoms with E-state index in [0.717, 1.165) is 11.3 Å². The van der Waals surface area contributed by atoms with Crippen LogP contribution in [0.2, 0.25) is 0 Å². The van der Waals surface area contributed by atoms with Gasteiger partial charge < -0.3 is 15.1 Å². The van der Waals surface area contributed by atoms with Crippen molar-refractivity contribution >= 4 is 23.4 Å². The van der Waals surface area contributed by atoms with Crippen molar-refractivity contribution in [2.45, 2.75) is 26.7 Å². The first-order chi connectivity index (χ1) is 11.0. The van der Waals surface area contributed by atoms with E-state index in [1.54, 1.807) is 30.1 Å². The molecule has 1 aliphatic rings. The largest absolute Gasteiger partial charge is 0.342 e. The number of aryl methyl sites for hydroxylation is 1. The molecule has 0 unspecified atom stereocenters. The molecular formula is C17H23N3O3. The first-order valence-corrected chi connectivity index (χ1v) is 7.92. The van der Waals surface area contributed by atoms with E-state index in [0.29, 0.717) is 31.5 Å². The number of likely N-dealkylation sites (N-methyl/N-ethyl adjacent to an activating group) is 2. The Bertz CT molecular complexity index is 624. The van der Waals surface area contributed by atoms with Gasteiger partial charge in [0.2, 0.25) is 11.8 Å². The monoisotopic (exact) mass is 317 g/mol. The summed E-state index contributed by atoms with van der Waals surface area (Å²) in [6, 6.07) is 5.24. The molecule has 0 radical (unpaired) electrons. The average molecular weight is 317 g/mol. The van der Waals surface area contributed by atoms with Gasteiger partial charge in [-0.25, -0.2) is 0 Å². The quantitative estimate of drug-likeness (QED) is 0.895. The van der Waals surface area contributed by atoms with Crippen LogP contribution in [0.1, 0.15) is 36.2 Å². The van der Waals surface area contributed by atoms with Crippen molar-refractivity contribution in [2.75, 3.05) is 32.0 Å². The lowest BCUT2D eigenvalue weighted by Gasteiger charge is -2.24. The van der Waals surface area contributed by atoms with E-state index in [-0.39, 0.29) is 24.3 Å². The van der Waals surface area contributed by atoms with E-state index in [9.17, 15) is 14.4 Å². The zero-order valence-electron chi connectivity index (χ0n) is 13.9. The van der Waals surface area contributed by atoms with Crippen molar-refractivity contribution in [3.63, 3.8) is 0 Å². The number of rotatable bonds is 5. The summed E-state index contributed by atoms with van der Waals surface area (Å²) in [5, 5.41) is 2.79. The van der Waals surface area contributed by atoms with Crippen molar-refractivity contribution in [1.29, 1.82) is 0 Å². The predicted octanol–water partition coefficient (Wildman–Crippen LogP) is 1.51. The minimum Gasteiger partial charge on any atom is -0.342 e. The maximum atomic E-state index is 12.5. The van der Waals surface area contributed by atoms with Gasteiger partial charge in [-0.1, -0.05) is 0 Å². The van der Waals surface area contributed by atoms with Crippen molar-refractivity contribution in [2.24, 2.45) is 0 Å². The molecule has 0 atom stereocenters. The van der Waals surface area contributed by atoms with E-state index in [1.165, 1.54) is 4.90 Å². The lowest BCUT2D eigenvalue weighted by atomic mass is 10.00. The highest BCUT2D eigenvalue weighted by molar-refractivity contribution is 5.99. The molecule has 2 rings (SSSR count). The lowest BCUT2D eigenvalue weighted by molar-refractivity contribution is -0.131. The third-order valence-electron chi connectivity index (χ3n) is 4.08. The van der Waals surface area contributed by atoms with Gasteiger partial charge in [0, 0.05) is 37.8 Å². The van der Waals surface area contributed by atoms with E-state index in [4.69, 9.17) is 0 Å². The van der Waals surface area contributed by atoms with Crippen molar-refractivity contribution in [3.05, 3.63) is 29.3 Å². The van der Waals surface area contributed by atoms with Crippen LogP contribution in [-0.4, -0.2) is 54.2 Å². The second kappa shape index (κ2) is 7.26. The van der Waals surface area contributed by atoms with E-state index in [1.807, 2.05) is 13.8 Å². The molecule has 0 spiro atoms. The minimum absolute atomic E-state index is 0.00138. The van der Waals surface area contributed by atoms with Crippen LogP contribution < -0.4 is 5.32 Å². The van der Waals surface area contributed by atoms with Crippen LogP contribution in [-0.2, 0) is 16.0 Å². The first kappa shape index (κ1) is 17.0. The number of nitrogens with zero attached hydrogens (tertiary/aromatic N) is 2. The molecule has 1 aromatic rings. The van der Waals surface area contributed by atoms with E-state index >= 15 is 0 Å². The van der Waals surface area contributed by atoms with Crippen LogP contribution in [0, 0.1) is 0 Å². The summed E-state index contributed by atoms with van der Waals surface area (Å²) in [5.74, 6) is -0.250. The summed E-state index contributed by atoms with van der Waals surface area (Å²) < 4.78 is 0. The first-order valence-electron chi connectivity index (χ1n) is 7.92. The van der Waals surface area contributed by atoms with Crippen LogP contribution in [0.15, 0.2) is 18.2 Å². The number of fused-ring (bicyclic) bond motifs is 1. The summed E-state index contributed by atoms with van der Waals surface area (Å²) in [6.45, 7) is 5.17. The predicted molar refractivity (Wildman–Crippen MR) is 88.3 cm³/mol. The number of nitrogens with one attached hydrogen (secondary N) is 1. The molecule has 6 heteroatoms. The average Bonchev–Trinajstić information content (AvgIpc) is 2.54. The molecule has 124 valence electrons. The fourth-order valence-corrected chi connectivity index (χ4v) is 2.69. The van der Waals surface area contributed by atoms with E-state index < -0.39 is 0 Å². The third kappa shape index (κ3) is 3.88. The highest BCUT2D eigenvalue weighted by Gasteiger charge is 2.20. The number of carbonyl (C=O) groups excluding carboxylic acids is 3. The molecule has 1 heterocycles. The Morgan fingerprint density at radius 2 is 1.87 bits per heavy atom. The highest BCUT2D eigenvalue weighted by atomic mass is 16.2. The van der Waals surface area contributed by atoms with Gasteiger partial charge in [-0.2, -0.15) is 0 Å². The molecule has 0 fully saturated rings. The molecule has 1 aromatic carbocycles. The van der Waals surface area contributed by atoms with Crippen molar-refractivity contribution < 1.29 is 14.4 Å². The van der Waals surface area contributed by atoms with Gasteiger partial charge in [0.25, 0.3) is 5.91 Å². The van der Waals surface area contributed by atoms with Crippen LogP contribution in [0.5, 0.6) is 0 Å². The minimum atomic E-state index is -0.190. The van der Waals surface area contributed by atoms with Crippen LogP contribution >= 0.6 is 0 Å². The number of hydrogen-bond acceptors (Lipinski definition) is 3. The fraction of sp³-hybridized carbons (Fsp3) is 0.471. The standard InChI is InChI=1S/C17H23N3O3/c1-4-20(5-2)16(22)11-19(3)17(23)13-6-8-14-12(10-13)7-9-15(21)18-14/h6,8,10H,4-5,7,9,11H2,1-3H3,(H,18,21). The van der Waals surface area contributed by atoms with Gasteiger partial charge in [-0.15, -0.1) is 0 Å². The van der Waals surface area contributed by atoms with Gasteiger partial charge in [-0.05, 0) is 44.0 Å².